The van der Waals surface area contributed by atoms with Crippen LogP contribution in [0.15, 0.2) is 47.5 Å². The number of esters is 1. The number of hydrogen-bond donors (Lipinski definition) is 0. The molecule has 6 nitrogen and oxygen atoms in total. The van der Waals surface area contributed by atoms with Crippen molar-refractivity contribution in [1.82, 2.24) is 15.0 Å². The minimum atomic E-state index is -0.475. The second-order valence-electron chi connectivity index (χ2n) is 4.35. The zero-order valence-corrected chi connectivity index (χ0v) is 13.6. The van der Waals surface area contributed by atoms with E-state index in [2.05, 4.69) is 42.3 Å². The van der Waals surface area contributed by atoms with Gasteiger partial charge in [0, 0.05) is 27.7 Å². The zero-order chi connectivity index (χ0) is 15.5. The van der Waals surface area contributed by atoms with Crippen LogP contribution in [0.1, 0.15) is 10.5 Å². The predicted molar refractivity (Wildman–Crippen MR) is 87.0 cm³/mol. The Morgan fingerprint density at radius 2 is 2.09 bits per heavy atom. The number of methoxy groups -OCH3 is 1. The van der Waals surface area contributed by atoms with Gasteiger partial charge in [0.25, 0.3) is 0 Å². The maximum absolute atomic E-state index is 11.4. The highest BCUT2D eigenvalue weighted by Gasteiger charge is 2.11. The Labute approximate surface area is 139 Å². The molecule has 0 radical (unpaired) electrons. The van der Waals surface area contributed by atoms with Gasteiger partial charge in [-0.15, -0.1) is 0 Å². The lowest BCUT2D eigenvalue weighted by molar-refractivity contribution is 0.0594. The molecule has 0 aromatic carbocycles. The first kappa shape index (κ1) is 14.6. The third-order valence-electron chi connectivity index (χ3n) is 2.91. The van der Waals surface area contributed by atoms with Crippen LogP contribution >= 0.6 is 22.6 Å². The van der Waals surface area contributed by atoms with Crippen LogP contribution in [0, 0.1) is 3.57 Å². The van der Waals surface area contributed by atoms with Gasteiger partial charge in [0.1, 0.15) is 17.7 Å². The van der Waals surface area contributed by atoms with E-state index in [-0.39, 0.29) is 5.69 Å². The highest BCUT2D eigenvalue weighted by atomic mass is 127. The minimum absolute atomic E-state index is 0.247. The number of ether oxygens (including phenoxy) is 1. The molecule has 0 aliphatic carbocycles. The van der Waals surface area contributed by atoms with E-state index in [9.17, 15) is 4.79 Å². The monoisotopic (exact) mass is 407 g/mol. The van der Waals surface area contributed by atoms with Gasteiger partial charge >= 0.3 is 5.97 Å². The van der Waals surface area contributed by atoms with E-state index in [0.29, 0.717) is 11.6 Å². The molecular weight excluding hydrogens is 397 g/mol. The Morgan fingerprint density at radius 1 is 1.23 bits per heavy atom. The van der Waals surface area contributed by atoms with Crippen LogP contribution in [-0.2, 0) is 4.74 Å². The summed E-state index contributed by atoms with van der Waals surface area (Å²) in [4.78, 5) is 23.9. The normalized spacial score (nSPS) is 10.5. The molecule has 3 aromatic rings. The number of halogens is 1. The van der Waals surface area contributed by atoms with Crippen LogP contribution in [0.3, 0.4) is 0 Å². The Bertz CT molecular complexity index is 815. The molecule has 0 bridgehead atoms. The van der Waals surface area contributed by atoms with Crippen molar-refractivity contribution in [3.05, 3.63) is 52.3 Å². The van der Waals surface area contributed by atoms with E-state index in [1.165, 1.54) is 7.11 Å². The van der Waals surface area contributed by atoms with Crippen molar-refractivity contribution in [2.75, 3.05) is 7.11 Å². The van der Waals surface area contributed by atoms with Crippen LogP contribution in [0.4, 0.5) is 0 Å². The molecule has 0 unspecified atom stereocenters. The van der Waals surface area contributed by atoms with Gasteiger partial charge in [0.2, 0.25) is 5.89 Å². The number of carbonyl (C=O) groups excluding carboxylic acids is 1. The molecule has 0 atom stereocenters. The van der Waals surface area contributed by atoms with Crippen molar-refractivity contribution in [1.29, 1.82) is 0 Å². The quantitative estimate of drug-likeness (QED) is 0.490. The standard InChI is InChI=1S/C15H10IN3O3/c1-21-15(20)12-3-2-9(6-18-12)13-8-22-14(19-13)10-4-11(16)7-17-5-10/h2-8H,1H3. The molecular formula is C15H10IN3O3. The topological polar surface area (TPSA) is 78.1 Å². The summed E-state index contributed by atoms with van der Waals surface area (Å²) in [5, 5.41) is 0. The summed E-state index contributed by atoms with van der Waals surface area (Å²) in [5.74, 6) is 0.00962. The molecule has 0 saturated carbocycles. The van der Waals surface area contributed by atoms with Crippen molar-refractivity contribution in [2.24, 2.45) is 0 Å². The van der Waals surface area contributed by atoms with E-state index < -0.39 is 5.97 Å². The number of nitrogens with zero attached hydrogens (tertiary/aromatic N) is 3. The van der Waals surface area contributed by atoms with Gasteiger partial charge in [0.05, 0.1) is 12.7 Å². The Hall–Kier alpha value is -2.29. The fourth-order valence-electron chi connectivity index (χ4n) is 1.84. The molecule has 7 heteroatoms. The van der Waals surface area contributed by atoms with Crippen molar-refractivity contribution in [3.63, 3.8) is 0 Å². The van der Waals surface area contributed by atoms with E-state index in [0.717, 1.165) is 14.7 Å². The largest absolute Gasteiger partial charge is 0.464 e. The predicted octanol–water partition coefficient (Wildman–Crippen LogP) is 3.19. The lowest BCUT2D eigenvalue weighted by Gasteiger charge is -1.99. The third kappa shape index (κ3) is 2.98. The van der Waals surface area contributed by atoms with E-state index in [1.807, 2.05) is 6.07 Å². The summed E-state index contributed by atoms with van der Waals surface area (Å²) in [5.41, 5.74) is 2.44. The van der Waals surface area contributed by atoms with Gasteiger partial charge in [-0.2, -0.15) is 0 Å². The summed E-state index contributed by atoms with van der Waals surface area (Å²) < 4.78 is 11.1. The molecule has 3 aromatic heterocycles. The van der Waals surface area contributed by atoms with Crippen molar-refractivity contribution in [3.8, 4) is 22.7 Å². The second kappa shape index (κ2) is 6.22. The molecule has 0 saturated heterocycles. The molecule has 22 heavy (non-hydrogen) atoms. The fraction of sp³-hybridized carbons (Fsp3) is 0.0667. The maximum atomic E-state index is 11.4. The van der Waals surface area contributed by atoms with Gasteiger partial charge < -0.3 is 9.15 Å². The minimum Gasteiger partial charge on any atom is -0.464 e. The van der Waals surface area contributed by atoms with Crippen LogP contribution in [0.25, 0.3) is 22.7 Å². The lowest BCUT2D eigenvalue weighted by atomic mass is 10.2. The van der Waals surface area contributed by atoms with Crippen molar-refractivity contribution in [2.45, 2.75) is 0 Å². The van der Waals surface area contributed by atoms with Crippen molar-refractivity contribution < 1.29 is 13.9 Å². The SMILES string of the molecule is COC(=O)c1ccc(-c2coc(-c3cncc(I)c3)n2)cn1. The van der Waals surface area contributed by atoms with Gasteiger partial charge in [0.15, 0.2) is 0 Å². The Balaban J connectivity index is 1.89. The van der Waals surface area contributed by atoms with E-state index in [1.54, 1.807) is 37.0 Å². The van der Waals surface area contributed by atoms with Crippen molar-refractivity contribution >= 4 is 28.6 Å². The van der Waals surface area contributed by atoms with E-state index >= 15 is 0 Å². The summed E-state index contributed by atoms with van der Waals surface area (Å²) in [6.45, 7) is 0. The smallest absolute Gasteiger partial charge is 0.356 e. The summed E-state index contributed by atoms with van der Waals surface area (Å²) in [7, 11) is 1.32. The number of hydrogen-bond acceptors (Lipinski definition) is 6. The second-order valence-corrected chi connectivity index (χ2v) is 5.60. The third-order valence-corrected chi connectivity index (χ3v) is 3.50. The average Bonchev–Trinajstić information content (AvgIpc) is 3.04. The first-order valence-electron chi connectivity index (χ1n) is 6.28. The molecule has 0 aliphatic heterocycles. The zero-order valence-electron chi connectivity index (χ0n) is 11.5. The Kier molecular flexibility index (Phi) is 4.14. The first-order valence-corrected chi connectivity index (χ1v) is 7.36. The molecule has 110 valence electrons. The van der Waals surface area contributed by atoms with E-state index in [4.69, 9.17) is 4.42 Å². The van der Waals surface area contributed by atoms with Crippen LogP contribution in [0.2, 0.25) is 0 Å². The molecule has 0 fully saturated rings. The Morgan fingerprint density at radius 3 is 2.77 bits per heavy atom. The van der Waals surface area contributed by atoms with Crippen LogP contribution < -0.4 is 0 Å². The number of pyridine rings is 2. The molecule has 0 amide bonds. The van der Waals surface area contributed by atoms with Gasteiger partial charge in [-0.1, -0.05) is 0 Å². The molecule has 0 N–H and O–H groups in total. The van der Waals surface area contributed by atoms with Gasteiger partial charge in [-0.3, -0.25) is 4.98 Å². The highest BCUT2D eigenvalue weighted by Crippen LogP contribution is 2.24. The van der Waals surface area contributed by atoms with Gasteiger partial charge in [-0.25, -0.2) is 14.8 Å². The number of aromatic nitrogens is 3. The molecule has 3 rings (SSSR count). The van der Waals surface area contributed by atoms with Gasteiger partial charge in [-0.05, 0) is 40.8 Å². The summed E-state index contributed by atoms with van der Waals surface area (Å²) in [6, 6.07) is 5.26. The maximum Gasteiger partial charge on any atom is 0.356 e. The lowest BCUT2D eigenvalue weighted by Crippen LogP contribution is -2.03. The summed E-state index contributed by atoms with van der Waals surface area (Å²) >= 11 is 2.18. The highest BCUT2D eigenvalue weighted by molar-refractivity contribution is 14.1. The molecule has 0 spiro atoms. The fourth-order valence-corrected chi connectivity index (χ4v) is 2.33. The first-order chi connectivity index (χ1) is 10.7. The molecule has 3 heterocycles. The average molecular weight is 407 g/mol. The van der Waals surface area contributed by atoms with Crippen LogP contribution in [0.5, 0.6) is 0 Å². The number of oxazole rings is 1. The number of carbonyl (C=O) groups is 1. The number of rotatable bonds is 3. The summed E-state index contributed by atoms with van der Waals surface area (Å²) in [6.07, 6.45) is 6.55. The molecule has 0 aliphatic rings. The van der Waals surface area contributed by atoms with Crippen LogP contribution in [-0.4, -0.2) is 28.0 Å².